The predicted octanol–water partition coefficient (Wildman–Crippen LogP) is 4.18. The topological polar surface area (TPSA) is 50.1 Å². The van der Waals surface area contributed by atoms with Gasteiger partial charge in [-0.25, -0.2) is 0 Å². The summed E-state index contributed by atoms with van der Waals surface area (Å²) in [7, 11) is 0. The third-order valence-electron chi connectivity index (χ3n) is 4.07. The van der Waals surface area contributed by atoms with Gasteiger partial charge in [0.25, 0.3) is 0 Å². The number of hydrogen-bond acceptors (Lipinski definition) is 3. The van der Waals surface area contributed by atoms with Crippen molar-refractivity contribution in [1.29, 1.82) is 0 Å². The first-order chi connectivity index (χ1) is 11.1. The average Bonchev–Trinajstić information content (AvgIpc) is 2.71. The van der Waals surface area contributed by atoms with E-state index in [1.54, 1.807) is 32.0 Å². The fourth-order valence-corrected chi connectivity index (χ4v) is 3.01. The summed E-state index contributed by atoms with van der Waals surface area (Å²) >= 11 is 0. The molecule has 0 saturated carbocycles. The smallest absolute Gasteiger partial charge is 0.408 e. The number of phenols is 1. The lowest BCUT2D eigenvalue weighted by molar-refractivity contribution is -0.143. The monoisotopic (exact) mass is 341 g/mol. The molecule has 2 atom stereocenters. The second-order valence-electron chi connectivity index (χ2n) is 6.06. The van der Waals surface area contributed by atoms with Crippen LogP contribution in [0, 0.1) is 13.8 Å². The molecule has 132 valence electrons. The van der Waals surface area contributed by atoms with E-state index in [0.29, 0.717) is 11.4 Å². The molecule has 0 fully saturated rings. The van der Waals surface area contributed by atoms with Crippen LogP contribution >= 0.6 is 0 Å². The zero-order valence-corrected chi connectivity index (χ0v) is 14.1. The Morgan fingerprint density at radius 1 is 1.21 bits per heavy atom. The Morgan fingerprint density at radius 2 is 1.88 bits per heavy atom. The first-order valence-corrected chi connectivity index (χ1v) is 7.74. The standard InChI is InChI=1S/C17H22F3N3O/c1-10(14-6-5-7-15(24)8-14)21-11(2)16-12(3)22-23(13(16)4)9-17(18,19)20/h5-8,10-11,21,24H,9H2,1-4H3/t10-,11+/m0/s1. The molecular formula is C17H22F3N3O. The summed E-state index contributed by atoms with van der Waals surface area (Å²) in [6.07, 6.45) is -4.30. The highest BCUT2D eigenvalue weighted by Crippen LogP contribution is 2.27. The maximum absolute atomic E-state index is 12.6. The Morgan fingerprint density at radius 3 is 2.46 bits per heavy atom. The van der Waals surface area contributed by atoms with Gasteiger partial charge in [-0.1, -0.05) is 12.1 Å². The molecule has 0 amide bonds. The van der Waals surface area contributed by atoms with E-state index in [4.69, 9.17) is 0 Å². The van der Waals surface area contributed by atoms with Crippen LogP contribution in [-0.4, -0.2) is 21.1 Å². The lowest BCUT2D eigenvalue weighted by Gasteiger charge is -2.21. The number of phenolic OH excluding ortho intramolecular Hbond substituents is 1. The van der Waals surface area contributed by atoms with Gasteiger partial charge in [0.2, 0.25) is 0 Å². The zero-order chi connectivity index (χ0) is 18.1. The van der Waals surface area contributed by atoms with Crippen molar-refractivity contribution in [2.75, 3.05) is 0 Å². The quantitative estimate of drug-likeness (QED) is 0.858. The minimum atomic E-state index is -4.30. The van der Waals surface area contributed by atoms with Gasteiger partial charge >= 0.3 is 6.18 Å². The molecule has 2 rings (SSSR count). The molecule has 0 aliphatic carbocycles. The van der Waals surface area contributed by atoms with Gasteiger partial charge < -0.3 is 10.4 Å². The second-order valence-corrected chi connectivity index (χ2v) is 6.06. The molecule has 1 heterocycles. The van der Waals surface area contributed by atoms with Crippen molar-refractivity contribution in [3.8, 4) is 5.75 Å². The van der Waals surface area contributed by atoms with Gasteiger partial charge in [0.15, 0.2) is 0 Å². The first-order valence-electron chi connectivity index (χ1n) is 7.74. The van der Waals surface area contributed by atoms with Crippen LogP contribution in [-0.2, 0) is 6.54 Å². The number of aromatic hydroxyl groups is 1. The third-order valence-corrected chi connectivity index (χ3v) is 4.07. The van der Waals surface area contributed by atoms with E-state index in [1.165, 1.54) is 0 Å². The Hall–Kier alpha value is -2.02. The van der Waals surface area contributed by atoms with E-state index in [2.05, 4.69) is 10.4 Å². The molecule has 0 unspecified atom stereocenters. The van der Waals surface area contributed by atoms with Crippen LogP contribution in [0.1, 0.15) is 48.4 Å². The Balaban J connectivity index is 2.19. The molecule has 0 radical (unpaired) electrons. The predicted molar refractivity (Wildman–Crippen MR) is 85.8 cm³/mol. The van der Waals surface area contributed by atoms with E-state index < -0.39 is 12.7 Å². The summed E-state index contributed by atoms with van der Waals surface area (Å²) in [6.45, 7) is 6.11. The Bertz CT molecular complexity index is 710. The largest absolute Gasteiger partial charge is 0.508 e. The number of nitrogens with one attached hydrogen (secondary N) is 1. The van der Waals surface area contributed by atoms with E-state index >= 15 is 0 Å². The van der Waals surface area contributed by atoms with Crippen LogP contribution in [0.4, 0.5) is 13.2 Å². The van der Waals surface area contributed by atoms with Crippen molar-refractivity contribution in [1.82, 2.24) is 15.1 Å². The molecule has 2 N–H and O–H groups in total. The van der Waals surface area contributed by atoms with Crippen LogP contribution < -0.4 is 5.32 Å². The number of hydrogen-bond donors (Lipinski definition) is 2. The lowest BCUT2D eigenvalue weighted by Crippen LogP contribution is -2.24. The first kappa shape index (κ1) is 18.3. The highest BCUT2D eigenvalue weighted by atomic mass is 19.4. The summed E-state index contributed by atoms with van der Waals surface area (Å²) in [5, 5.41) is 16.9. The van der Waals surface area contributed by atoms with E-state index in [1.807, 2.05) is 19.9 Å². The van der Waals surface area contributed by atoms with E-state index in [0.717, 1.165) is 15.8 Å². The number of alkyl halides is 3. The molecule has 1 aromatic heterocycles. The van der Waals surface area contributed by atoms with Crippen LogP contribution in [0.15, 0.2) is 24.3 Å². The van der Waals surface area contributed by atoms with Gasteiger partial charge in [-0.2, -0.15) is 18.3 Å². The molecular weight excluding hydrogens is 319 g/mol. The highest BCUT2D eigenvalue weighted by molar-refractivity contribution is 5.31. The van der Waals surface area contributed by atoms with Crippen LogP contribution in [0.2, 0.25) is 0 Å². The fraction of sp³-hybridized carbons (Fsp3) is 0.471. The summed E-state index contributed by atoms with van der Waals surface area (Å²) < 4.78 is 38.9. The number of nitrogens with zero attached hydrogens (tertiary/aromatic N) is 2. The second kappa shape index (κ2) is 6.84. The van der Waals surface area contributed by atoms with Gasteiger partial charge in [0, 0.05) is 23.3 Å². The lowest BCUT2D eigenvalue weighted by atomic mass is 10.0. The Labute approximate surface area is 139 Å². The van der Waals surface area contributed by atoms with Gasteiger partial charge in [-0.15, -0.1) is 0 Å². The number of benzene rings is 1. The number of halogens is 3. The van der Waals surface area contributed by atoms with Gasteiger partial charge in [0.1, 0.15) is 12.3 Å². The Kier molecular flexibility index (Phi) is 5.22. The highest BCUT2D eigenvalue weighted by Gasteiger charge is 2.30. The molecule has 0 spiro atoms. The third kappa shape index (κ3) is 4.29. The van der Waals surface area contributed by atoms with E-state index in [9.17, 15) is 18.3 Å². The molecule has 2 aromatic rings. The summed E-state index contributed by atoms with van der Waals surface area (Å²) in [4.78, 5) is 0. The fourth-order valence-electron chi connectivity index (χ4n) is 3.01. The van der Waals surface area contributed by atoms with E-state index in [-0.39, 0.29) is 17.8 Å². The summed E-state index contributed by atoms with van der Waals surface area (Å²) in [6, 6.07) is 6.65. The van der Waals surface area contributed by atoms with Crippen molar-refractivity contribution < 1.29 is 18.3 Å². The van der Waals surface area contributed by atoms with Gasteiger partial charge in [0.05, 0.1) is 5.69 Å². The molecule has 0 bridgehead atoms. The number of rotatable bonds is 5. The van der Waals surface area contributed by atoms with Gasteiger partial charge in [-0.05, 0) is 45.4 Å². The van der Waals surface area contributed by atoms with Crippen molar-refractivity contribution in [2.45, 2.75) is 52.5 Å². The number of aryl methyl sites for hydroxylation is 1. The molecule has 1 aromatic carbocycles. The van der Waals surface area contributed by atoms with Gasteiger partial charge in [-0.3, -0.25) is 4.68 Å². The van der Waals surface area contributed by atoms with Crippen molar-refractivity contribution in [3.63, 3.8) is 0 Å². The minimum absolute atomic E-state index is 0.0723. The molecule has 4 nitrogen and oxygen atoms in total. The van der Waals surface area contributed by atoms with Crippen LogP contribution in [0.25, 0.3) is 0 Å². The molecule has 24 heavy (non-hydrogen) atoms. The maximum atomic E-state index is 12.6. The zero-order valence-electron chi connectivity index (χ0n) is 14.1. The molecule has 0 saturated heterocycles. The van der Waals surface area contributed by atoms with Crippen molar-refractivity contribution in [2.24, 2.45) is 0 Å². The van der Waals surface area contributed by atoms with Crippen LogP contribution in [0.5, 0.6) is 5.75 Å². The summed E-state index contributed by atoms with van der Waals surface area (Å²) in [5.74, 6) is 0.180. The minimum Gasteiger partial charge on any atom is -0.508 e. The number of aromatic nitrogens is 2. The summed E-state index contributed by atoms with van der Waals surface area (Å²) in [5.41, 5.74) is 2.76. The SMILES string of the molecule is Cc1nn(CC(F)(F)F)c(C)c1[C@@H](C)N[C@@H](C)c1cccc(O)c1. The maximum Gasteiger partial charge on any atom is 0.408 e. The molecule has 0 aliphatic heterocycles. The molecule has 7 heteroatoms. The van der Waals surface area contributed by atoms with Crippen molar-refractivity contribution in [3.05, 3.63) is 46.8 Å². The normalized spacial score (nSPS) is 14.6. The molecule has 0 aliphatic rings. The average molecular weight is 341 g/mol. The van der Waals surface area contributed by atoms with Crippen LogP contribution in [0.3, 0.4) is 0 Å². The van der Waals surface area contributed by atoms with Crippen molar-refractivity contribution >= 4 is 0 Å².